The van der Waals surface area contributed by atoms with E-state index in [9.17, 15) is 26.4 Å². The fraction of sp³-hybridized carbons (Fsp3) is 0.176. The average Bonchev–Trinajstić information content (AvgIpc) is 3.26. The van der Waals surface area contributed by atoms with Crippen molar-refractivity contribution in [2.45, 2.75) is 18.0 Å². The first kappa shape index (κ1) is 20.6. The van der Waals surface area contributed by atoms with Gasteiger partial charge >= 0.3 is 6.18 Å². The Balaban J connectivity index is 2.04. The summed E-state index contributed by atoms with van der Waals surface area (Å²) in [6, 6.07) is 9.29. The van der Waals surface area contributed by atoms with Gasteiger partial charge in [0, 0.05) is 20.2 Å². The maximum Gasteiger partial charge on any atom is 0.435 e. The summed E-state index contributed by atoms with van der Waals surface area (Å²) in [7, 11) is -2.34. The number of hydrazine groups is 1. The number of benzene rings is 1. The lowest BCUT2D eigenvalue weighted by Gasteiger charge is -2.10. The number of hydrogen-bond acceptors (Lipinski definition) is 4. The van der Waals surface area contributed by atoms with Crippen molar-refractivity contribution >= 4 is 15.9 Å². The van der Waals surface area contributed by atoms with E-state index in [0.29, 0.717) is 5.69 Å². The average molecular weight is 427 g/mol. The molecule has 0 radical (unpaired) electrons. The summed E-state index contributed by atoms with van der Waals surface area (Å²) in [4.78, 5) is 12.6. The van der Waals surface area contributed by atoms with Crippen LogP contribution in [0.3, 0.4) is 0 Å². The molecule has 0 bridgehead atoms. The molecule has 29 heavy (non-hydrogen) atoms. The van der Waals surface area contributed by atoms with E-state index in [1.165, 1.54) is 24.3 Å². The van der Waals surface area contributed by atoms with Crippen LogP contribution in [-0.4, -0.2) is 28.7 Å². The molecule has 3 aromatic rings. The molecule has 2 aromatic heterocycles. The van der Waals surface area contributed by atoms with Crippen molar-refractivity contribution in [3.05, 3.63) is 54.4 Å². The molecule has 0 aliphatic rings. The molecule has 8 nitrogen and oxygen atoms in total. The monoisotopic (exact) mass is 427 g/mol. The van der Waals surface area contributed by atoms with E-state index < -0.39 is 27.8 Å². The summed E-state index contributed by atoms with van der Waals surface area (Å²) in [6.07, 6.45) is -2.96. The fourth-order valence-corrected chi connectivity index (χ4v) is 3.48. The van der Waals surface area contributed by atoms with Crippen molar-refractivity contribution in [1.29, 1.82) is 0 Å². The highest BCUT2D eigenvalue weighted by atomic mass is 32.2. The summed E-state index contributed by atoms with van der Waals surface area (Å²) in [5.41, 5.74) is 1.81. The third kappa shape index (κ3) is 4.32. The molecule has 2 N–H and O–H groups in total. The predicted molar refractivity (Wildman–Crippen MR) is 97.1 cm³/mol. The van der Waals surface area contributed by atoms with Crippen LogP contribution in [0.2, 0.25) is 0 Å². The van der Waals surface area contributed by atoms with Crippen LogP contribution in [0.15, 0.2) is 53.6 Å². The highest BCUT2D eigenvalue weighted by Gasteiger charge is 2.35. The molecule has 12 heteroatoms. The van der Waals surface area contributed by atoms with Gasteiger partial charge in [-0.2, -0.15) is 18.3 Å². The van der Waals surface area contributed by atoms with E-state index in [-0.39, 0.29) is 16.3 Å². The maximum atomic E-state index is 13.2. The standard InChI is InChI=1S/C17H16F3N5O3S/c1-11(26)21-23-29(27,28)13-7-5-12(6-8-13)25-15(14-4-3-9-24(14)2)10-16(22-25)17(18,19)20/h3-10,23H,1-2H3,(H,21,26). The largest absolute Gasteiger partial charge is 0.435 e. The Kier molecular flexibility index (Phi) is 5.24. The van der Waals surface area contributed by atoms with Gasteiger partial charge in [0.15, 0.2) is 5.69 Å². The zero-order valence-corrected chi connectivity index (χ0v) is 16.0. The molecule has 3 rings (SSSR count). The van der Waals surface area contributed by atoms with E-state index in [1.54, 1.807) is 29.9 Å². The molecule has 154 valence electrons. The van der Waals surface area contributed by atoms with Gasteiger partial charge in [-0.25, -0.2) is 13.1 Å². The zero-order valence-electron chi connectivity index (χ0n) is 15.2. The van der Waals surface area contributed by atoms with Crippen molar-refractivity contribution < 1.29 is 26.4 Å². The van der Waals surface area contributed by atoms with Crippen LogP contribution in [0.5, 0.6) is 0 Å². The molecule has 0 saturated carbocycles. The molecule has 0 spiro atoms. The number of hydrogen-bond donors (Lipinski definition) is 2. The molecular formula is C17H16F3N5O3S. The van der Waals surface area contributed by atoms with Gasteiger partial charge in [-0.05, 0) is 42.5 Å². The van der Waals surface area contributed by atoms with Gasteiger partial charge in [-0.1, -0.05) is 0 Å². The Morgan fingerprint density at radius 1 is 1.10 bits per heavy atom. The second-order valence-corrected chi connectivity index (χ2v) is 7.79. The topological polar surface area (TPSA) is 98.0 Å². The van der Waals surface area contributed by atoms with Crippen molar-refractivity contribution in [3.8, 4) is 17.1 Å². The zero-order chi connectivity index (χ0) is 21.4. The Bertz CT molecular complexity index is 1150. The number of aryl methyl sites for hydroxylation is 1. The lowest BCUT2D eigenvalue weighted by molar-refractivity contribution is -0.141. The maximum absolute atomic E-state index is 13.2. The normalized spacial score (nSPS) is 12.2. The lowest BCUT2D eigenvalue weighted by Crippen LogP contribution is -2.40. The quantitative estimate of drug-likeness (QED) is 0.610. The molecule has 2 heterocycles. The number of sulfonamides is 1. The summed E-state index contributed by atoms with van der Waals surface area (Å²) >= 11 is 0. The van der Waals surface area contributed by atoms with Crippen molar-refractivity contribution in [2.75, 3.05) is 0 Å². The minimum atomic E-state index is -4.64. The van der Waals surface area contributed by atoms with E-state index in [4.69, 9.17) is 0 Å². The van der Waals surface area contributed by atoms with E-state index in [2.05, 4.69) is 5.10 Å². The first-order valence-electron chi connectivity index (χ1n) is 8.17. The summed E-state index contributed by atoms with van der Waals surface area (Å²) in [5, 5.41) is 3.66. The first-order valence-corrected chi connectivity index (χ1v) is 9.65. The number of amides is 1. The lowest BCUT2D eigenvalue weighted by atomic mass is 10.2. The van der Waals surface area contributed by atoms with Crippen LogP contribution in [0.4, 0.5) is 13.2 Å². The number of alkyl halides is 3. The Morgan fingerprint density at radius 3 is 2.28 bits per heavy atom. The number of nitrogens with one attached hydrogen (secondary N) is 2. The molecule has 0 fully saturated rings. The molecule has 0 atom stereocenters. The van der Waals surface area contributed by atoms with Crippen LogP contribution in [0.25, 0.3) is 17.1 Å². The van der Waals surface area contributed by atoms with Crippen molar-refractivity contribution in [3.63, 3.8) is 0 Å². The van der Waals surface area contributed by atoms with Crippen LogP contribution < -0.4 is 10.3 Å². The second kappa shape index (κ2) is 7.37. The number of halogens is 3. The van der Waals surface area contributed by atoms with Crippen LogP contribution in [0, 0.1) is 0 Å². The third-order valence-corrected chi connectivity index (χ3v) is 5.22. The van der Waals surface area contributed by atoms with Crippen molar-refractivity contribution in [1.82, 2.24) is 24.6 Å². The number of rotatable bonds is 5. The third-order valence-electron chi connectivity index (χ3n) is 3.96. The van der Waals surface area contributed by atoms with E-state index in [0.717, 1.165) is 17.7 Å². The number of carbonyl (C=O) groups is 1. The Labute approximate surface area is 164 Å². The van der Waals surface area contributed by atoms with Gasteiger partial charge < -0.3 is 4.57 Å². The van der Waals surface area contributed by atoms with Gasteiger partial charge in [0.05, 0.1) is 22.0 Å². The summed E-state index contributed by atoms with van der Waals surface area (Å²) < 4.78 is 66.6. The molecule has 1 amide bonds. The van der Waals surface area contributed by atoms with E-state index >= 15 is 0 Å². The minimum Gasteiger partial charge on any atom is -0.349 e. The van der Waals surface area contributed by atoms with Gasteiger partial charge in [-0.3, -0.25) is 10.2 Å². The van der Waals surface area contributed by atoms with Crippen LogP contribution in [-0.2, 0) is 28.0 Å². The second-order valence-electron chi connectivity index (χ2n) is 6.11. The number of aromatic nitrogens is 3. The Morgan fingerprint density at radius 2 is 1.76 bits per heavy atom. The van der Waals surface area contributed by atoms with E-state index in [1.807, 2.05) is 10.3 Å². The summed E-state index contributed by atoms with van der Waals surface area (Å²) in [6.45, 7) is 1.13. The van der Waals surface area contributed by atoms with Gasteiger partial charge in [0.2, 0.25) is 5.91 Å². The molecule has 0 unspecified atom stereocenters. The molecule has 0 aliphatic carbocycles. The molecule has 1 aromatic carbocycles. The first-order chi connectivity index (χ1) is 13.5. The Hall–Kier alpha value is -3.12. The smallest absolute Gasteiger partial charge is 0.349 e. The highest BCUT2D eigenvalue weighted by molar-refractivity contribution is 7.89. The van der Waals surface area contributed by atoms with Gasteiger partial charge in [-0.15, -0.1) is 4.83 Å². The SMILES string of the molecule is CC(=O)NNS(=O)(=O)c1ccc(-n2nc(C(F)(F)F)cc2-c2cccn2C)cc1. The van der Waals surface area contributed by atoms with Crippen LogP contribution >= 0.6 is 0 Å². The molecule has 0 saturated heterocycles. The van der Waals surface area contributed by atoms with Crippen molar-refractivity contribution in [2.24, 2.45) is 7.05 Å². The molecular weight excluding hydrogens is 411 g/mol. The minimum absolute atomic E-state index is 0.182. The van der Waals surface area contributed by atoms with Crippen LogP contribution in [0.1, 0.15) is 12.6 Å². The molecule has 0 aliphatic heterocycles. The summed E-state index contributed by atoms with van der Waals surface area (Å²) in [5.74, 6) is -0.603. The van der Waals surface area contributed by atoms with Gasteiger partial charge in [0.1, 0.15) is 0 Å². The highest BCUT2D eigenvalue weighted by Crippen LogP contribution is 2.33. The fourth-order valence-electron chi connectivity index (χ4n) is 2.59. The number of carbonyl (C=O) groups excluding carboxylic acids is 1. The number of nitrogens with zero attached hydrogens (tertiary/aromatic N) is 3. The van der Waals surface area contributed by atoms with Gasteiger partial charge in [0.25, 0.3) is 10.0 Å². The predicted octanol–water partition coefficient (Wildman–Crippen LogP) is 2.23.